The molecule has 0 fully saturated rings. The third kappa shape index (κ3) is 8.76. The molecule has 3 aromatic heterocycles. The number of nitrogens with zero attached hydrogens (tertiary/aromatic N) is 4. The van der Waals surface area contributed by atoms with Gasteiger partial charge in [-0.2, -0.15) is 12.1 Å². The fourth-order valence-corrected chi connectivity index (χ4v) is 12.7. The molecule has 0 aliphatic carbocycles. The van der Waals surface area contributed by atoms with Crippen LogP contribution in [0.25, 0.3) is 93.2 Å². The first-order valence-electron chi connectivity index (χ1n) is 26.9. The maximum atomic E-state index is 6.90. The molecule has 0 amide bonds. The molecule has 0 radical (unpaired) electrons. The van der Waals surface area contributed by atoms with E-state index < -0.39 is 8.07 Å². The van der Waals surface area contributed by atoms with Crippen LogP contribution in [0.4, 0.5) is 11.4 Å². The van der Waals surface area contributed by atoms with Gasteiger partial charge < -0.3 is 18.8 Å². The van der Waals surface area contributed by atoms with Crippen LogP contribution >= 0.6 is 0 Å². The number of benzene rings is 9. The minimum Gasteiger partial charge on any atom is -0.509 e. The molecule has 78 heavy (non-hydrogen) atoms. The van der Waals surface area contributed by atoms with Crippen LogP contribution in [0.15, 0.2) is 200 Å². The monoisotopic (exact) mass is 1210 g/mol. The number of rotatable bonds is 7. The van der Waals surface area contributed by atoms with Gasteiger partial charge in [0.05, 0.1) is 8.07 Å². The molecule has 1 aliphatic rings. The molecule has 9 aromatic carbocycles. The molecule has 0 spiro atoms. The minimum atomic E-state index is -1.75. The summed E-state index contributed by atoms with van der Waals surface area (Å²) in [5.41, 5.74) is 13.3. The van der Waals surface area contributed by atoms with E-state index in [0.29, 0.717) is 11.5 Å². The zero-order chi connectivity index (χ0) is 53.0. The first-order valence-corrected chi connectivity index (χ1v) is 30.4. The second-order valence-electron chi connectivity index (χ2n) is 23.8. The fraction of sp³-hybridized carbons (Fsp3) is 0.155. The van der Waals surface area contributed by atoms with Gasteiger partial charge in [-0.1, -0.05) is 217 Å². The number of aromatic nitrogens is 3. The van der Waals surface area contributed by atoms with E-state index in [1.165, 1.54) is 54.4 Å². The van der Waals surface area contributed by atoms with Crippen molar-refractivity contribution in [1.29, 1.82) is 0 Å². The van der Waals surface area contributed by atoms with E-state index in [4.69, 9.17) is 9.72 Å². The van der Waals surface area contributed by atoms with Gasteiger partial charge in [0.15, 0.2) is 0 Å². The Bertz CT molecular complexity index is 4380. The second kappa shape index (κ2) is 19.2. The van der Waals surface area contributed by atoms with Crippen LogP contribution < -0.4 is 14.8 Å². The summed E-state index contributed by atoms with van der Waals surface area (Å²) in [6.45, 7) is 23.4. The fourth-order valence-electron chi connectivity index (χ4n) is 11.5. The molecule has 0 saturated heterocycles. The third-order valence-corrected chi connectivity index (χ3v) is 17.6. The molecule has 5 nitrogen and oxygen atoms in total. The Morgan fingerprint density at radius 2 is 1.10 bits per heavy atom. The molecule has 12 aromatic rings. The average molecular weight is 1210 g/mol. The SMILES string of the molecule is CC(C)(C)c1cc(-c2cccc3c4ccccc4c4ccccc4c4cccc5c4n(c23)[CH-]N5c2[c-]c(Oc3[c-]c4c(cc3)c3c(-c5ccccc5)cccc3n4-c3cc(C(C)(C)C)ccn3)ccc2)cc([Si](C)(C)C)c1.[Pt]. The van der Waals surface area contributed by atoms with Crippen molar-refractivity contribution in [3.8, 4) is 39.6 Å². The van der Waals surface area contributed by atoms with Crippen LogP contribution in [-0.4, -0.2) is 22.2 Å². The van der Waals surface area contributed by atoms with Crippen molar-refractivity contribution in [1.82, 2.24) is 14.1 Å². The molecule has 7 heteroatoms. The second-order valence-corrected chi connectivity index (χ2v) is 28.8. The van der Waals surface area contributed by atoms with Crippen LogP contribution in [0.1, 0.15) is 52.7 Å². The molecule has 0 atom stereocenters. The Balaban J connectivity index is 0.00000609. The molecule has 0 saturated carbocycles. The van der Waals surface area contributed by atoms with E-state index in [-0.39, 0.29) is 31.9 Å². The number of fused-ring (bicyclic) bond motifs is 10. The zero-order valence-corrected chi connectivity index (χ0v) is 48.9. The molecule has 13 rings (SSSR count). The Morgan fingerprint density at radius 1 is 0.500 bits per heavy atom. The van der Waals surface area contributed by atoms with Crippen LogP contribution in [0.5, 0.6) is 11.5 Å². The number of para-hydroxylation sites is 2. The third-order valence-electron chi connectivity index (χ3n) is 15.6. The van der Waals surface area contributed by atoms with Crippen molar-refractivity contribution in [2.45, 2.75) is 72.0 Å². The Kier molecular flexibility index (Phi) is 12.5. The van der Waals surface area contributed by atoms with Crippen molar-refractivity contribution in [2.24, 2.45) is 0 Å². The molecule has 1 aliphatic heterocycles. The normalized spacial score (nSPS) is 12.7. The van der Waals surface area contributed by atoms with Gasteiger partial charge in [0.1, 0.15) is 5.82 Å². The quantitative estimate of drug-likeness (QED) is 0.118. The summed E-state index contributed by atoms with van der Waals surface area (Å²) in [7, 11) is -1.75. The summed E-state index contributed by atoms with van der Waals surface area (Å²) in [6, 6.07) is 78.2. The van der Waals surface area contributed by atoms with E-state index in [1.54, 1.807) is 0 Å². The van der Waals surface area contributed by atoms with Gasteiger partial charge in [0.2, 0.25) is 0 Å². The summed E-state index contributed by atoms with van der Waals surface area (Å²) in [4.78, 5) is 7.28. The van der Waals surface area contributed by atoms with Gasteiger partial charge in [-0.15, -0.1) is 35.7 Å². The van der Waals surface area contributed by atoms with Crippen molar-refractivity contribution in [3.05, 3.63) is 230 Å². The van der Waals surface area contributed by atoms with Crippen LogP contribution in [0, 0.1) is 18.8 Å². The van der Waals surface area contributed by atoms with Crippen LogP contribution in [0.2, 0.25) is 19.6 Å². The van der Waals surface area contributed by atoms with Gasteiger partial charge in [0.25, 0.3) is 0 Å². The number of ether oxygens (including phenoxy) is 1. The van der Waals surface area contributed by atoms with Gasteiger partial charge in [0, 0.05) is 50.0 Å². The van der Waals surface area contributed by atoms with Crippen molar-refractivity contribution >= 4 is 89.8 Å². The van der Waals surface area contributed by atoms with E-state index in [9.17, 15) is 0 Å². The topological polar surface area (TPSA) is 35.2 Å². The molecule has 0 bridgehead atoms. The van der Waals surface area contributed by atoms with Gasteiger partial charge in [-0.05, 0) is 124 Å². The molecular weight excluding hydrogens is 1150 g/mol. The maximum absolute atomic E-state index is 6.90. The Labute approximate surface area is 473 Å². The van der Waals surface area contributed by atoms with E-state index in [2.05, 4.69) is 276 Å². The zero-order valence-electron chi connectivity index (χ0n) is 45.6. The summed E-state index contributed by atoms with van der Waals surface area (Å²) in [6.07, 6.45) is 1.92. The first kappa shape index (κ1) is 50.9. The van der Waals surface area contributed by atoms with Crippen LogP contribution in [0.3, 0.4) is 0 Å². The smallest absolute Gasteiger partial charge is 0.135 e. The molecule has 388 valence electrons. The van der Waals surface area contributed by atoms with Crippen molar-refractivity contribution in [3.63, 3.8) is 0 Å². The van der Waals surface area contributed by atoms with E-state index >= 15 is 0 Å². The van der Waals surface area contributed by atoms with Crippen molar-refractivity contribution in [2.75, 3.05) is 4.90 Å². The Morgan fingerprint density at radius 3 is 1.79 bits per heavy atom. The molecule has 4 heterocycles. The van der Waals surface area contributed by atoms with Gasteiger partial charge in [-0.3, -0.25) is 0 Å². The predicted molar refractivity (Wildman–Crippen MR) is 328 cm³/mol. The average Bonchev–Trinajstić information content (AvgIpc) is 4.20. The summed E-state index contributed by atoms with van der Waals surface area (Å²) < 4.78 is 11.6. The summed E-state index contributed by atoms with van der Waals surface area (Å²) in [5.74, 6) is 2.01. The minimum absolute atomic E-state index is 0. The standard InChI is InChI=1S/C71H61N4OSi.Pt/c1-70(2,3)48-37-38-72-66(42-48)75-63-33-19-29-54(46-21-11-10-12-22-46)67(63)62-36-35-52(44-65(62)75)76-51-24-17-23-50(43-51)73-45-74-68-55(47-39-49(71(4,5)6)41-53(40-47)77(7,8)9)30-18-31-60(68)58-27-15-13-25-56(58)57-26-14-16-28-59(57)61-32-20-34-64(73)69(61)74;/h10-42,45H,1-9H3;/q-3;. The number of hydrogen-bond donors (Lipinski definition) is 0. The number of hydrogen-bond acceptors (Lipinski definition) is 3. The van der Waals surface area contributed by atoms with Crippen LogP contribution in [-0.2, 0) is 31.9 Å². The summed E-state index contributed by atoms with van der Waals surface area (Å²) >= 11 is 0. The summed E-state index contributed by atoms with van der Waals surface area (Å²) in [5, 5.41) is 10.8. The van der Waals surface area contributed by atoms with Crippen molar-refractivity contribution < 1.29 is 25.8 Å². The van der Waals surface area contributed by atoms with Gasteiger partial charge >= 0.3 is 0 Å². The van der Waals surface area contributed by atoms with E-state index in [0.717, 1.165) is 66.5 Å². The molecule has 0 N–H and O–H groups in total. The Hall–Kier alpha value is -7.89. The van der Waals surface area contributed by atoms with Gasteiger partial charge in [-0.25, -0.2) is 4.98 Å². The number of pyridine rings is 1. The molecule has 0 unspecified atom stereocenters. The molecular formula is C71H61N4OPtSi-3. The largest absolute Gasteiger partial charge is 0.509 e. The maximum Gasteiger partial charge on any atom is 0.135 e. The van der Waals surface area contributed by atoms with E-state index in [1.807, 2.05) is 18.3 Å². The number of anilines is 2. The first-order chi connectivity index (χ1) is 37.1. The predicted octanol–water partition coefficient (Wildman–Crippen LogP) is 18.7.